The van der Waals surface area contributed by atoms with Gasteiger partial charge in [-0.2, -0.15) is 0 Å². The van der Waals surface area contributed by atoms with Crippen molar-refractivity contribution >= 4 is 50.9 Å². The summed E-state index contributed by atoms with van der Waals surface area (Å²) in [5.74, 6) is 1.33. The molecule has 1 amide bonds. The van der Waals surface area contributed by atoms with Gasteiger partial charge in [-0.05, 0) is 70.4 Å². The Balaban J connectivity index is 1.52. The van der Waals surface area contributed by atoms with Gasteiger partial charge in [0.25, 0.3) is 0 Å². The number of thioether (sulfide) groups is 1. The normalized spacial score (nSPS) is 16.3. The van der Waals surface area contributed by atoms with Crippen LogP contribution in [0.15, 0.2) is 71.2 Å². The lowest BCUT2D eigenvalue weighted by atomic mass is 10.1. The highest BCUT2D eigenvalue weighted by Gasteiger charge is 2.34. The van der Waals surface area contributed by atoms with Crippen molar-refractivity contribution in [3.8, 4) is 5.75 Å². The monoisotopic (exact) mass is 487 g/mol. The number of carbonyl (C=O) groups is 1. The number of aryl methyl sites for hydroxylation is 1. The van der Waals surface area contributed by atoms with Gasteiger partial charge in [0.1, 0.15) is 17.7 Å². The number of nitrogens with zero attached hydrogens (tertiary/aromatic N) is 1. The summed E-state index contributed by atoms with van der Waals surface area (Å²) in [6.07, 6.45) is 0. The van der Waals surface area contributed by atoms with Gasteiger partial charge >= 0.3 is 0 Å². The van der Waals surface area contributed by atoms with Crippen molar-refractivity contribution in [3.05, 3.63) is 92.9 Å². The third kappa shape index (κ3) is 4.63. The van der Waals surface area contributed by atoms with Crippen LogP contribution < -0.4 is 9.64 Å². The topological polar surface area (TPSA) is 29.5 Å². The van der Waals surface area contributed by atoms with Gasteiger partial charge in [-0.15, -0.1) is 11.8 Å². The van der Waals surface area contributed by atoms with Gasteiger partial charge in [-0.1, -0.05) is 47.5 Å². The first-order valence-electron chi connectivity index (χ1n) is 9.18. The molecule has 0 aromatic heterocycles. The molecule has 3 nitrogen and oxygen atoms in total. The van der Waals surface area contributed by atoms with Crippen molar-refractivity contribution in [2.75, 3.05) is 10.7 Å². The predicted octanol–water partition coefficient (Wildman–Crippen LogP) is 6.77. The number of anilines is 1. The van der Waals surface area contributed by atoms with E-state index in [1.165, 1.54) is 5.56 Å². The quantitative estimate of drug-likeness (QED) is 0.397. The van der Waals surface area contributed by atoms with Gasteiger partial charge in [0.05, 0.1) is 10.2 Å². The Morgan fingerprint density at radius 2 is 1.83 bits per heavy atom. The summed E-state index contributed by atoms with van der Waals surface area (Å²) in [6, 6.07) is 21.7. The molecule has 3 aromatic rings. The number of rotatable bonds is 5. The number of amides is 1. The fourth-order valence-corrected chi connectivity index (χ4v) is 4.99. The van der Waals surface area contributed by atoms with E-state index in [1.807, 2.05) is 47.4 Å². The van der Waals surface area contributed by atoms with E-state index in [4.69, 9.17) is 16.3 Å². The number of carbonyl (C=O) groups excluding carboxylic acids is 1. The first-order valence-corrected chi connectivity index (χ1v) is 11.4. The van der Waals surface area contributed by atoms with Crippen molar-refractivity contribution in [1.82, 2.24) is 0 Å². The highest BCUT2D eigenvalue weighted by atomic mass is 79.9. The van der Waals surface area contributed by atoms with E-state index in [-0.39, 0.29) is 11.3 Å². The summed E-state index contributed by atoms with van der Waals surface area (Å²) < 4.78 is 6.85. The summed E-state index contributed by atoms with van der Waals surface area (Å²) >= 11 is 11.2. The molecule has 4 rings (SSSR count). The molecular formula is C23H19BrClNO2S. The van der Waals surface area contributed by atoms with Gasteiger partial charge in [-0.3, -0.25) is 9.69 Å². The smallest absolute Gasteiger partial charge is 0.238 e. The highest BCUT2D eigenvalue weighted by Crippen LogP contribution is 2.43. The number of hydrogen-bond donors (Lipinski definition) is 0. The molecule has 1 atom stereocenters. The molecule has 0 radical (unpaired) electrons. The second kappa shape index (κ2) is 8.82. The van der Waals surface area contributed by atoms with Gasteiger partial charge in [0, 0.05) is 10.7 Å². The maximum absolute atomic E-state index is 12.5. The molecule has 148 valence electrons. The molecule has 1 saturated heterocycles. The highest BCUT2D eigenvalue weighted by molar-refractivity contribution is 9.10. The van der Waals surface area contributed by atoms with Crippen LogP contribution in [0.25, 0.3) is 0 Å². The summed E-state index contributed by atoms with van der Waals surface area (Å²) in [7, 11) is 0. The molecule has 1 aliphatic rings. The molecule has 0 saturated carbocycles. The third-order valence-corrected chi connectivity index (χ3v) is 6.81. The predicted molar refractivity (Wildman–Crippen MR) is 124 cm³/mol. The minimum absolute atomic E-state index is 0.0777. The second-order valence-electron chi connectivity index (χ2n) is 6.87. The van der Waals surface area contributed by atoms with E-state index in [2.05, 4.69) is 47.1 Å². The Kier molecular flexibility index (Phi) is 6.18. The van der Waals surface area contributed by atoms with Crippen LogP contribution in [0, 0.1) is 6.92 Å². The van der Waals surface area contributed by atoms with E-state index in [9.17, 15) is 4.79 Å². The Labute approximate surface area is 188 Å². The van der Waals surface area contributed by atoms with Gasteiger partial charge < -0.3 is 4.74 Å². The molecular weight excluding hydrogens is 470 g/mol. The third-order valence-electron chi connectivity index (χ3n) is 4.73. The average Bonchev–Trinajstić information content (AvgIpc) is 3.10. The molecule has 3 aromatic carbocycles. The minimum atomic E-state index is -0.0777. The van der Waals surface area contributed by atoms with Crippen molar-refractivity contribution in [3.63, 3.8) is 0 Å². The molecule has 1 fully saturated rings. The van der Waals surface area contributed by atoms with Crippen LogP contribution in [0.2, 0.25) is 5.02 Å². The lowest BCUT2D eigenvalue weighted by Gasteiger charge is -2.25. The molecule has 6 heteroatoms. The number of ether oxygens (including phenoxy) is 1. The van der Waals surface area contributed by atoms with Gasteiger partial charge in [0.15, 0.2) is 0 Å². The van der Waals surface area contributed by atoms with Crippen molar-refractivity contribution in [2.45, 2.75) is 18.9 Å². The van der Waals surface area contributed by atoms with Crippen LogP contribution in [0.3, 0.4) is 0 Å². The Bertz CT molecular complexity index is 1020. The average molecular weight is 489 g/mol. The molecule has 0 bridgehead atoms. The second-order valence-corrected chi connectivity index (χ2v) is 9.23. The fraction of sp³-hybridized carbons (Fsp3) is 0.174. The van der Waals surface area contributed by atoms with E-state index in [1.54, 1.807) is 11.8 Å². The van der Waals surface area contributed by atoms with Gasteiger partial charge in [0.2, 0.25) is 5.91 Å². The molecule has 29 heavy (non-hydrogen) atoms. The van der Waals surface area contributed by atoms with E-state index in [0.717, 1.165) is 27.0 Å². The molecule has 0 aliphatic carbocycles. The summed E-state index contributed by atoms with van der Waals surface area (Å²) in [6.45, 7) is 2.57. The fourth-order valence-electron chi connectivity index (χ4n) is 3.18. The molecule has 0 N–H and O–H groups in total. The van der Waals surface area contributed by atoms with Crippen molar-refractivity contribution < 1.29 is 9.53 Å². The summed E-state index contributed by atoms with van der Waals surface area (Å²) in [5, 5.41) is 0.577. The molecule has 1 heterocycles. The number of hydrogen-bond acceptors (Lipinski definition) is 3. The van der Waals surface area contributed by atoms with Crippen LogP contribution in [0.4, 0.5) is 5.69 Å². The van der Waals surface area contributed by atoms with Crippen LogP contribution in [0.5, 0.6) is 5.75 Å². The lowest BCUT2D eigenvalue weighted by molar-refractivity contribution is -0.115. The maximum Gasteiger partial charge on any atom is 0.238 e. The number of benzene rings is 3. The number of halogens is 2. The Morgan fingerprint density at radius 1 is 1.10 bits per heavy atom. The van der Waals surface area contributed by atoms with Crippen LogP contribution >= 0.6 is 39.3 Å². The van der Waals surface area contributed by atoms with Crippen LogP contribution in [-0.2, 0) is 11.4 Å². The SMILES string of the molecule is Cc1ccc(COc2ccc([C@H]3SCC(=O)N3c3ccc(Cl)cc3)cc2Br)cc1. The standard InChI is InChI=1S/C23H19BrClNO2S/c1-15-2-4-16(5-3-15)13-28-21-11-6-17(12-20(21)24)23-26(22(27)14-29-23)19-9-7-18(25)8-10-19/h2-12,23H,13-14H2,1H3/t23-/m1/s1. The molecule has 0 spiro atoms. The first-order chi connectivity index (χ1) is 14.0. The van der Waals surface area contributed by atoms with Crippen molar-refractivity contribution in [2.24, 2.45) is 0 Å². The van der Waals surface area contributed by atoms with E-state index < -0.39 is 0 Å². The Hall–Kier alpha value is -1.95. The summed E-state index contributed by atoms with van der Waals surface area (Å²) in [5.41, 5.74) is 4.25. The van der Waals surface area contributed by atoms with E-state index >= 15 is 0 Å². The minimum Gasteiger partial charge on any atom is -0.488 e. The molecule has 0 unspecified atom stereocenters. The maximum atomic E-state index is 12.5. The zero-order chi connectivity index (χ0) is 20.4. The Morgan fingerprint density at radius 3 is 2.52 bits per heavy atom. The largest absolute Gasteiger partial charge is 0.488 e. The zero-order valence-electron chi connectivity index (χ0n) is 15.8. The lowest BCUT2D eigenvalue weighted by Crippen LogP contribution is -2.27. The summed E-state index contributed by atoms with van der Waals surface area (Å²) in [4.78, 5) is 14.3. The van der Waals surface area contributed by atoms with Crippen molar-refractivity contribution in [1.29, 1.82) is 0 Å². The molecule has 1 aliphatic heterocycles. The zero-order valence-corrected chi connectivity index (χ0v) is 18.9. The van der Waals surface area contributed by atoms with E-state index in [0.29, 0.717) is 17.4 Å². The van der Waals surface area contributed by atoms with Gasteiger partial charge in [-0.25, -0.2) is 0 Å². The first kappa shape index (κ1) is 20.3. The van der Waals surface area contributed by atoms with Crippen LogP contribution in [0.1, 0.15) is 22.1 Å². The van der Waals surface area contributed by atoms with Crippen LogP contribution in [-0.4, -0.2) is 11.7 Å².